The lowest BCUT2D eigenvalue weighted by molar-refractivity contribution is -0.115. The molecule has 0 bridgehead atoms. The van der Waals surface area contributed by atoms with Crippen molar-refractivity contribution in [1.82, 2.24) is 5.16 Å². The minimum absolute atomic E-state index is 0.0605. The zero-order valence-electron chi connectivity index (χ0n) is 10.9. The van der Waals surface area contributed by atoms with Gasteiger partial charge in [0, 0.05) is 5.56 Å². The van der Waals surface area contributed by atoms with Gasteiger partial charge in [-0.25, -0.2) is 0 Å². The van der Waals surface area contributed by atoms with Crippen LogP contribution in [0.4, 0.5) is 5.88 Å². The summed E-state index contributed by atoms with van der Waals surface area (Å²) in [6, 6.07) is 7.96. The zero-order valence-corrected chi connectivity index (χ0v) is 10.9. The van der Waals surface area contributed by atoms with E-state index in [0.29, 0.717) is 12.3 Å². The Bertz CT molecular complexity index is 599. The van der Waals surface area contributed by atoms with Gasteiger partial charge in [-0.15, -0.1) is 0 Å². The van der Waals surface area contributed by atoms with Crippen molar-refractivity contribution < 1.29 is 9.32 Å². The van der Waals surface area contributed by atoms with Gasteiger partial charge in [0.25, 0.3) is 0 Å². The molecule has 1 N–H and O–H groups in total. The van der Waals surface area contributed by atoms with E-state index in [2.05, 4.69) is 10.5 Å². The van der Waals surface area contributed by atoms with Gasteiger partial charge in [-0.3, -0.25) is 10.1 Å². The Morgan fingerprint density at radius 2 is 2.11 bits per heavy atom. The standard InChI is InChI=1S/C15H16N2O2/c1-10-5-7-11(8-6-10)9-14(18)16-15-12-3-2-4-13(12)17-19-15/h5-8H,2-4,9H2,1H3,(H,16,18). The average Bonchev–Trinajstić information content (AvgIpc) is 2.97. The lowest BCUT2D eigenvalue weighted by Gasteiger charge is -2.03. The molecule has 1 aromatic carbocycles. The fourth-order valence-corrected chi connectivity index (χ4v) is 2.39. The van der Waals surface area contributed by atoms with Gasteiger partial charge in [0.05, 0.1) is 12.1 Å². The number of anilines is 1. The minimum Gasteiger partial charge on any atom is -0.338 e. The number of rotatable bonds is 3. The zero-order chi connectivity index (χ0) is 13.2. The molecule has 1 aliphatic carbocycles. The summed E-state index contributed by atoms with van der Waals surface area (Å²) in [5.41, 5.74) is 4.25. The SMILES string of the molecule is Cc1ccc(CC(=O)Nc2onc3c2CCC3)cc1. The molecule has 1 aromatic heterocycles. The van der Waals surface area contributed by atoms with E-state index < -0.39 is 0 Å². The highest BCUT2D eigenvalue weighted by atomic mass is 16.5. The van der Waals surface area contributed by atoms with Crippen LogP contribution < -0.4 is 5.32 Å². The van der Waals surface area contributed by atoms with Gasteiger partial charge in [0.2, 0.25) is 11.8 Å². The van der Waals surface area contributed by atoms with E-state index >= 15 is 0 Å². The van der Waals surface area contributed by atoms with Crippen molar-refractivity contribution in [3.05, 3.63) is 46.6 Å². The van der Waals surface area contributed by atoms with Crippen molar-refractivity contribution in [2.24, 2.45) is 0 Å². The maximum absolute atomic E-state index is 12.0. The third-order valence-corrected chi connectivity index (χ3v) is 3.45. The Labute approximate surface area is 111 Å². The van der Waals surface area contributed by atoms with E-state index in [1.54, 1.807) is 0 Å². The van der Waals surface area contributed by atoms with Crippen LogP contribution in [0.5, 0.6) is 0 Å². The number of aryl methyl sites for hydroxylation is 2. The summed E-state index contributed by atoms with van der Waals surface area (Å²) in [5, 5.41) is 6.80. The maximum atomic E-state index is 12.0. The van der Waals surface area contributed by atoms with Crippen molar-refractivity contribution >= 4 is 11.8 Å². The molecule has 0 unspecified atom stereocenters. The lowest BCUT2D eigenvalue weighted by Crippen LogP contribution is -2.14. The van der Waals surface area contributed by atoms with Crippen molar-refractivity contribution in [2.75, 3.05) is 5.32 Å². The van der Waals surface area contributed by atoms with Crippen LogP contribution in [-0.2, 0) is 24.1 Å². The predicted octanol–water partition coefficient (Wildman–Crippen LogP) is 2.65. The molecule has 0 saturated carbocycles. The molecule has 1 aliphatic rings. The van der Waals surface area contributed by atoms with Crippen LogP contribution in [0, 0.1) is 6.92 Å². The first-order valence-corrected chi connectivity index (χ1v) is 6.55. The topological polar surface area (TPSA) is 55.1 Å². The molecule has 1 amide bonds. The molecule has 0 aliphatic heterocycles. The molecule has 0 saturated heterocycles. The van der Waals surface area contributed by atoms with Gasteiger partial charge in [0.15, 0.2) is 0 Å². The van der Waals surface area contributed by atoms with E-state index in [1.165, 1.54) is 5.56 Å². The van der Waals surface area contributed by atoms with Gasteiger partial charge >= 0.3 is 0 Å². The van der Waals surface area contributed by atoms with E-state index in [9.17, 15) is 4.79 Å². The molecular weight excluding hydrogens is 240 g/mol. The summed E-state index contributed by atoms with van der Waals surface area (Å²) >= 11 is 0. The van der Waals surface area contributed by atoms with Crippen LogP contribution in [0.25, 0.3) is 0 Å². The predicted molar refractivity (Wildman–Crippen MR) is 72.0 cm³/mol. The Kier molecular flexibility index (Phi) is 3.07. The Hall–Kier alpha value is -2.10. The quantitative estimate of drug-likeness (QED) is 0.918. The van der Waals surface area contributed by atoms with Crippen molar-refractivity contribution in [2.45, 2.75) is 32.6 Å². The maximum Gasteiger partial charge on any atom is 0.234 e. The van der Waals surface area contributed by atoms with Gasteiger partial charge in [0.1, 0.15) is 0 Å². The molecule has 4 nitrogen and oxygen atoms in total. The molecule has 0 spiro atoms. The van der Waals surface area contributed by atoms with Gasteiger partial charge in [-0.2, -0.15) is 0 Å². The normalized spacial score (nSPS) is 13.3. The minimum atomic E-state index is -0.0605. The van der Waals surface area contributed by atoms with Gasteiger partial charge in [-0.05, 0) is 31.7 Å². The molecule has 2 aromatic rings. The first-order chi connectivity index (χ1) is 9.22. The summed E-state index contributed by atoms with van der Waals surface area (Å²) in [7, 11) is 0. The van der Waals surface area contributed by atoms with Gasteiger partial charge < -0.3 is 4.52 Å². The second-order valence-electron chi connectivity index (χ2n) is 5.00. The van der Waals surface area contributed by atoms with Crippen LogP contribution in [0.1, 0.15) is 28.8 Å². The smallest absolute Gasteiger partial charge is 0.234 e. The van der Waals surface area contributed by atoms with E-state index in [1.807, 2.05) is 31.2 Å². The number of carbonyl (C=O) groups is 1. The number of benzene rings is 1. The first-order valence-electron chi connectivity index (χ1n) is 6.55. The third-order valence-electron chi connectivity index (χ3n) is 3.45. The van der Waals surface area contributed by atoms with Crippen molar-refractivity contribution in [3.63, 3.8) is 0 Å². The van der Waals surface area contributed by atoms with E-state index in [0.717, 1.165) is 36.1 Å². The summed E-state index contributed by atoms with van der Waals surface area (Å²) in [6.45, 7) is 2.03. The number of hydrogen-bond acceptors (Lipinski definition) is 3. The number of nitrogens with one attached hydrogen (secondary N) is 1. The van der Waals surface area contributed by atoms with E-state index in [-0.39, 0.29) is 5.91 Å². The van der Waals surface area contributed by atoms with Crippen LogP contribution in [0.2, 0.25) is 0 Å². The largest absolute Gasteiger partial charge is 0.338 e. The summed E-state index contributed by atoms with van der Waals surface area (Å²) in [4.78, 5) is 12.0. The average molecular weight is 256 g/mol. The molecular formula is C15H16N2O2. The number of hydrogen-bond donors (Lipinski definition) is 1. The molecule has 0 radical (unpaired) electrons. The summed E-state index contributed by atoms with van der Waals surface area (Å²) < 4.78 is 5.18. The molecule has 98 valence electrons. The molecule has 0 atom stereocenters. The number of amides is 1. The number of aromatic nitrogens is 1. The van der Waals surface area contributed by atoms with Crippen LogP contribution in [-0.4, -0.2) is 11.1 Å². The molecule has 1 heterocycles. The summed E-state index contributed by atoms with van der Waals surface area (Å²) in [5.74, 6) is 0.472. The Balaban J connectivity index is 1.66. The fourth-order valence-electron chi connectivity index (χ4n) is 2.39. The highest BCUT2D eigenvalue weighted by Crippen LogP contribution is 2.28. The van der Waals surface area contributed by atoms with Crippen molar-refractivity contribution in [3.8, 4) is 0 Å². The second-order valence-corrected chi connectivity index (χ2v) is 5.00. The third kappa shape index (κ3) is 2.52. The summed E-state index contributed by atoms with van der Waals surface area (Å²) in [6.07, 6.45) is 3.34. The molecule has 0 fully saturated rings. The number of fused-ring (bicyclic) bond motifs is 1. The monoisotopic (exact) mass is 256 g/mol. The van der Waals surface area contributed by atoms with Gasteiger partial charge in [-0.1, -0.05) is 35.0 Å². The molecule has 4 heteroatoms. The second kappa shape index (κ2) is 4.88. The van der Waals surface area contributed by atoms with Crippen LogP contribution in [0.3, 0.4) is 0 Å². The van der Waals surface area contributed by atoms with Crippen LogP contribution >= 0.6 is 0 Å². The number of nitrogens with zero attached hydrogens (tertiary/aromatic N) is 1. The van der Waals surface area contributed by atoms with E-state index in [4.69, 9.17) is 4.52 Å². The van der Waals surface area contributed by atoms with Crippen LogP contribution in [0.15, 0.2) is 28.8 Å². The Morgan fingerprint density at radius 1 is 1.32 bits per heavy atom. The highest BCUT2D eigenvalue weighted by molar-refractivity contribution is 5.91. The molecule has 19 heavy (non-hydrogen) atoms. The molecule has 3 rings (SSSR count). The Morgan fingerprint density at radius 3 is 2.89 bits per heavy atom. The lowest BCUT2D eigenvalue weighted by atomic mass is 10.1. The first kappa shape index (κ1) is 12.0. The number of carbonyl (C=O) groups excluding carboxylic acids is 1. The fraction of sp³-hybridized carbons (Fsp3) is 0.333. The highest BCUT2D eigenvalue weighted by Gasteiger charge is 2.22. The van der Waals surface area contributed by atoms with Crippen molar-refractivity contribution in [1.29, 1.82) is 0 Å².